The first-order valence-electron chi connectivity index (χ1n) is 6.43. The molecule has 0 radical (unpaired) electrons. The van der Waals surface area contributed by atoms with Crippen LogP contribution in [0.1, 0.15) is 37.7 Å². The van der Waals surface area contributed by atoms with Gasteiger partial charge in [-0.15, -0.1) is 0 Å². The molecule has 18 heavy (non-hydrogen) atoms. The Balaban J connectivity index is 2.11. The minimum atomic E-state index is 0.109. The molecule has 3 nitrogen and oxygen atoms in total. The minimum Gasteiger partial charge on any atom is -0.352 e. The first kappa shape index (κ1) is 15.0. The van der Waals surface area contributed by atoms with Gasteiger partial charge in [0.25, 0.3) is 0 Å². The molecule has 0 aliphatic rings. The third kappa shape index (κ3) is 6.62. The molecule has 1 amide bonds. The number of nitrogens with one attached hydrogen (secondary N) is 1. The van der Waals surface area contributed by atoms with E-state index in [1.807, 2.05) is 24.3 Å². The van der Waals surface area contributed by atoms with Crippen molar-refractivity contribution in [2.24, 2.45) is 5.73 Å². The van der Waals surface area contributed by atoms with Gasteiger partial charge >= 0.3 is 0 Å². The van der Waals surface area contributed by atoms with Crippen molar-refractivity contribution in [3.05, 3.63) is 34.9 Å². The van der Waals surface area contributed by atoms with Gasteiger partial charge in [-0.1, -0.05) is 36.6 Å². The van der Waals surface area contributed by atoms with Crippen LogP contribution in [0.4, 0.5) is 0 Å². The Morgan fingerprint density at radius 2 is 1.78 bits per heavy atom. The Hall–Kier alpha value is -1.06. The van der Waals surface area contributed by atoms with Gasteiger partial charge in [0.15, 0.2) is 0 Å². The smallest absolute Gasteiger partial charge is 0.220 e. The summed E-state index contributed by atoms with van der Waals surface area (Å²) >= 11 is 5.79. The van der Waals surface area contributed by atoms with Crippen molar-refractivity contribution in [1.82, 2.24) is 5.32 Å². The molecule has 3 N–H and O–H groups in total. The van der Waals surface area contributed by atoms with Crippen LogP contribution in [0.5, 0.6) is 0 Å². The van der Waals surface area contributed by atoms with Crippen LogP contribution in [-0.4, -0.2) is 12.5 Å². The van der Waals surface area contributed by atoms with Crippen molar-refractivity contribution in [1.29, 1.82) is 0 Å². The molecule has 0 saturated heterocycles. The van der Waals surface area contributed by atoms with E-state index in [1.165, 1.54) is 0 Å². The average Bonchev–Trinajstić information content (AvgIpc) is 2.38. The molecule has 0 bridgehead atoms. The third-order valence-corrected chi connectivity index (χ3v) is 3.01. The summed E-state index contributed by atoms with van der Waals surface area (Å²) in [4.78, 5) is 11.6. The van der Waals surface area contributed by atoms with E-state index >= 15 is 0 Å². The molecule has 0 aliphatic heterocycles. The summed E-state index contributed by atoms with van der Waals surface area (Å²) in [5.41, 5.74) is 6.47. The van der Waals surface area contributed by atoms with Crippen LogP contribution >= 0.6 is 11.6 Å². The Morgan fingerprint density at radius 3 is 2.44 bits per heavy atom. The molecule has 100 valence electrons. The first-order chi connectivity index (χ1) is 8.72. The Bertz CT molecular complexity index is 351. The summed E-state index contributed by atoms with van der Waals surface area (Å²) in [6.07, 6.45) is 4.77. The van der Waals surface area contributed by atoms with Crippen LogP contribution in [0.3, 0.4) is 0 Å². The Kier molecular flexibility index (Phi) is 7.46. The van der Waals surface area contributed by atoms with E-state index in [1.54, 1.807) is 0 Å². The molecule has 4 heteroatoms. The van der Waals surface area contributed by atoms with Gasteiger partial charge < -0.3 is 11.1 Å². The van der Waals surface area contributed by atoms with Crippen LogP contribution in [-0.2, 0) is 11.3 Å². The lowest BCUT2D eigenvalue weighted by molar-refractivity contribution is -0.121. The molecule has 0 spiro atoms. The Labute approximate surface area is 114 Å². The highest BCUT2D eigenvalue weighted by atomic mass is 35.5. The molecule has 0 unspecified atom stereocenters. The van der Waals surface area contributed by atoms with Crippen LogP contribution in [0.15, 0.2) is 24.3 Å². The summed E-state index contributed by atoms with van der Waals surface area (Å²) in [7, 11) is 0. The van der Waals surface area contributed by atoms with Gasteiger partial charge in [0.05, 0.1) is 0 Å². The standard InChI is InChI=1S/C14H21ClN2O/c15-13-8-6-12(7-9-13)11-17-14(18)5-3-1-2-4-10-16/h6-9H,1-5,10-11,16H2,(H,17,18). The summed E-state index contributed by atoms with van der Waals surface area (Å²) in [5.74, 6) is 0.109. The number of carbonyl (C=O) groups is 1. The fourth-order valence-corrected chi connectivity index (χ4v) is 1.80. The summed E-state index contributed by atoms with van der Waals surface area (Å²) < 4.78 is 0. The molecule has 0 heterocycles. The summed E-state index contributed by atoms with van der Waals surface area (Å²) in [6, 6.07) is 7.50. The zero-order valence-corrected chi connectivity index (χ0v) is 11.4. The van der Waals surface area contributed by atoms with E-state index in [2.05, 4.69) is 5.32 Å². The van der Waals surface area contributed by atoms with E-state index in [0.29, 0.717) is 18.0 Å². The predicted molar refractivity (Wildman–Crippen MR) is 75.4 cm³/mol. The third-order valence-electron chi connectivity index (χ3n) is 2.76. The van der Waals surface area contributed by atoms with Crippen molar-refractivity contribution in [3.8, 4) is 0 Å². The van der Waals surface area contributed by atoms with Gasteiger partial charge in [-0.05, 0) is 37.1 Å². The second-order valence-corrected chi connectivity index (χ2v) is 4.79. The van der Waals surface area contributed by atoms with E-state index in [4.69, 9.17) is 17.3 Å². The maximum absolute atomic E-state index is 11.6. The van der Waals surface area contributed by atoms with Crippen molar-refractivity contribution in [2.75, 3.05) is 6.54 Å². The van der Waals surface area contributed by atoms with Crippen molar-refractivity contribution in [3.63, 3.8) is 0 Å². The molecular weight excluding hydrogens is 248 g/mol. The SMILES string of the molecule is NCCCCCCC(=O)NCc1ccc(Cl)cc1. The molecule has 1 rings (SSSR count). The number of amides is 1. The topological polar surface area (TPSA) is 55.1 Å². The lowest BCUT2D eigenvalue weighted by atomic mass is 10.1. The quantitative estimate of drug-likeness (QED) is 0.713. The van der Waals surface area contributed by atoms with Gasteiger partial charge in [-0.3, -0.25) is 4.79 Å². The van der Waals surface area contributed by atoms with Gasteiger partial charge in [0, 0.05) is 18.0 Å². The monoisotopic (exact) mass is 268 g/mol. The minimum absolute atomic E-state index is 0.109. The second kappa shape index (κ2) is 8.95. The Morgan fingerprint density at radius 1 is 1.11 bits per heavy atom. The van der Waals surface area contributed by atoms with Crippen LogP contribution < -0.4 is 11.1 Å². The molecule has 0 saturated carbocycles. The lowest BCUT2D eigenvalue weighted by Crippen LogP contribution is -2.22. The fraction of sp³-hybridized carbons (Fsp3) is 0.500. The molecule has 0 aliphatic carbocycles. The molecular formula is C14H21ClN2O. The highest BCUT2D eigenvalue weighted by Crippen LogP contribution is 2.09. The maximum Gasteiger partial charge on any atom is 0.220 e. The zero-order chi connectivity index (χ0) is 13.2. The summed E-state index contributed by atoms with van der Waals surface area (Å²) in [5, 5.41) is 3.62. The highest BCUT2D eigenvalue weighted by molar-refractivity contribution is 6.30. The molecule has 0 aromatic heterocycles. The van der Waals surface area contributed by atoms with Gasteiger partial charge in [0.2, 0.25) is 5.91 Å². The number of benzene rings is 1. The average molecular weight is 269 g/mol. The number of carbonyl (C=O) groups excluding carboxylic acids is 1. The molecule has 0 atom stereocenters. The van der Waals surface area contributed by atoms with Crippen molar-refractivity contribution < 1.29 is 4.79 Å². The van der Waals surface area contributed by atoms with E-state index in [-0.39, 0.29) is 5.91 Å². The highest BCUT2D eigenvalue weighted by Gasteiger charge is 2.01. The number of hydrogen-bond acceptors (Lipinski definition) is 2. The lowest BCUT2D eigenvalue weighted by Gasteiger charge is -2.05. The van der Waals surface area contributed by atoms with Gasteiger partial charge in [-0.2, -0.15) is 0 Å². The maximum atomic E-state index is 11.6. The number of rotatable bonds is 8. The second-order valence-electron chi connectivity index (χ2n) is 4.36. The first-order valence-corrected chi connectivity index (χ1v) is 6.81. The number of halogens is 1. The normalized spacial score (nSPS) is 10.3. The molecule has 1 aromatic rings. The number of hydrogen-bond donors (Lipinski definition) is 2. The van der Waals surface area contributed by atoms with E-state index < -0.39 is 0 Å². The fourth-order valence-electron chi connectivity index (χ4n) is 1.67. The number of unbranched alkanes of at least 4 members (excludes halogenated alkanes) is 3. The van der Waals surface area contributed by atoms with E-state index in [9.17, 15) is 4.79 Å². The molecule has 0 fully saturated rings. The van der Waals surface area contributed by atoms with Crippen LogP contribution in [0.2, 0.25) is 5.02 Å². The van der Waals surface area contributed by atoms with Crippen molar-refractivity contribution in [2.45, 2.75) is 38.6 Å². The van der Waals surface area contributed by atoms with Crippen molar-refractivity contribution >= 4 is 17.5 Å². The number of nitrogens with two attached hydrogens (primary N) is 1. The zero-order valence-electron chi connectivity index (χ0n) is 10.6. The molecule has 1 aromatic carbocycles. The van der Waals surface area contributed by atoms with Gasteiger partial charge in [0.1, 0.15) is 0 Å². The van der Waals surface area contributed by atoms with Gasteiger partial charge in [-0.25, -0.2) is 0 Å². The largest absolute Gasteiger partial charge is 0.352 e. The van der Waals surface area contributed by atoms with Crippen LogP contribution in [0.25, 0.3) is 0 Å². The summed E-state index contributed by atoms with van der Waals surface area (Å²) in [6.45, 7) is 1.31. The van der Waals surface area contributed by atoms with Crippen LogP contribution in [0, 0.1) is 0 Å². The predicted octanol–water partition coefficient (Wildman–Crippen LogP) is 2.87. The van der Waals surface area contributed by atoms with E-state index in [0.717, 1.165) is 37.8 Å².